The van der Waals surface area contributed by atoms with Gasteiger partial charge in [-0.05, 0) is 35.4 Å². The van der Waals surface area contributed by atoms with Crippen LogP contribution in [-0.4, -0.2) is 12.7 Å². The van der Waals surface area contributed by atoms with E-state index in [-0.39, 0.29) is 0 Å². The largest absolute Gasteiger partial charge is 0.573 e. The molecule has 0 amide bonds. The monoisotopic (exact) mass is 351 g/mol. The summed E-state index contributed by atoms with van der Waals surface area (Å²) in [6.07, 6.45) is -9.65. The van der Waals surface area contributed by atoms with E-state index in [1.54, 1.807) is 0 Å². The van der Waals surface area contributed by atoms with Crippen LogP contribution in [0.3, 0.4) is 0 Å². The Morgan fingerprint density at radius 3 is 1.79 bits per heavy atom. The van der Waals surface area contributed by atoms with Gasteiger partial charge in [-0.25, -0.2) is 0 Å². The Morgan fingerprint density at radius 2 is 1.25 bits per heavy atom. The standard InChI is InChI=1S/C15H11F6NO2/c16-14(17,18)23-11-6-4-9(5-7-11)13(22)10-2-1-3-12(8-10)24-15(19,20)21/h1-8,13H,22H2/t13-/m0/s1. The van der Waals surface area contributed by atoms with Gasteiger partial charge in [-0.2, -0.15) is 0 Å². The van der Waals surface area contributed by atoms with Crippen molar-refractivity contribution in [3.8, 4) is 11.5 Å². The van der Waals surface area contributed by atoms with Crippen LogP contribution < -0.4 is 15.2 Å². The van der Waals surface area contributed by atoms with Gasteiger partial charge in [0.25, 0.3) is 0 Å². The molecule has 0 heterocycles. The minimum atomic E-state index is -4.83. The van der Waals surface area contributed by atoms with E-state index in [9.17, 15) is 26.3 Å². The predicted molar refractivity (Wildman–Crippen MR) is 72.3 cm³/mol. The molecule has 0 aliphatic rings. The summed E-state index contributed by atoms with van der Waals surface area (Å²) in [5.41, 5.74) is 6.63. The molecule has 0 aromatic heterocycles. The summed E-state index contributed by atoms with van der Waals surface area (Å²) in [5.74, 6) is -0.861. The van der Waals surface area contributed by atoms with Crippen molar-refractivity contribution < 1.29 is 35.8 Å². The molecule has 9 heteroatoms. The summed E-state index contributed by atoms with van der Waals surface area (Å²) in [7, 11) is 0. The molecule has 3 nitrogen and oxygen atoms in total. The zero-order valence-corrected chi connectivity index (χ0v) is 11.9. The second-order valence-corrected chi connectivity index (χ2v) is 4.71. The Labute approximate surface area is 132 Å². The third-order valence-corrected chi connectivity index (χ3v) is 2.92. The summed E-state index contributed by atoms with van der Waals surface area (Å²) in [6, 6.07) is 8.92. The quantitative estimate of drug-likeness (QED) is 0.823. The predicted octanol–water partition coefficient (Wildman–Crippen LogP) is 4.53. The summed E-state index contributed by atoms with van der Waals surface area (Å²) in [4.78, 5) is 0. The lowest BCUT2D eigenvalue weighted by Gasteiger charge is -2.16. The van der Waals surface area contributed by atoms with Gasteiger partial charge in [-0.15, -0.1) is 26.3 Å². The van der Waals surface area contributed by atoms with Crippen molar-refractivity contribution >= 4 is 0 Å². The second kappa shape index (κ2) is 6.60. The molecule has 0 aliphatic carbocycles. The molecule has 24 heavy (non-hydrogen) atoms. The van der Waals surface area contributed by atoms with Crippen LogP contribution in [0.5, 0.6) is 11.5 Å². The van der Waals surface area contributed by atoms with Gasteiger partial charge in [0, 0.05) is 0 Å². The Bertz CT molecular complexity index is 682. The molecule has 130 valence electrons. The maximum atomic E-state index is 12.2. The van der Waals surface area contributed by atoms with Gasteiger partial charge in [0.05, 0.1) is 6.04 Å². The second-order valence-electron chi connectivity index (χ2n) is 4.71. The smallest absolute Gasteiger partial charge is 0.406 e. The summed E-state index contributed by atoms with van der Waals surface area (Å²) < 4.78 is 80.5. The van der Waals surface area contributed by atoms with E-state index in [1.807, 2.05) is 0 Å². The molecule has 2 aromatic rings. The van der Waals surface area contributed by atoms with E-state index in [4.69, 9.17) is 5.73 Å². The molecule has 0 unspecified atom stereocenters. The fourth-order valence-electron chi connectivity index (χ4n) is 1.97. The van der Waals surface area contributed by atoms with Gasteiger partial charge in [0.2, 0.25) is 0 Å². The van der Waals surface area contributed by atoms with Gasteiger partial charge in [-0.3, -0.25) is 0 Å². The SMILES string of the molecule is N[C@@H](c1ccc(OC(F)(F)F)cc1)c1cccc(OC(F)(F)F)c1. The average molecular weight is 351 g/mol. The highest BCUT2D eigenvalue weighted by molar-refractivity contribution is 5.38. The fourth-order valence-corrected chi connectivity index (χ4v) is 1.97. The van der Waals surface area contributed by atoms with Crippen LogP contribution >= 0.6 is 0 Å². The number of hydrogen-bond acceptors (Lipinski definition) is 3. The Hall–Kier alpha value is -2.42. The first-order chi connectivity index (χ1) is 11.0. The molecule has 0 radical (unpaired) electrons. The lowest BCUT2D eigenvalue weighted by Crippen LogP contribution is -2.18. The van der Waals surface area contributed by atoms with E-state index in [0.717, 1.165) is 24.3 Å². The van der Waals surface area contributed by atoms with Gasteiger partial charge in [-0.1, -0.05) is 24.3 Å². The van der Waals surface area contributed by atoms with Gasteiger partial charge in [0.15, 0.2) is 0 Å². The summed E-state index contributed by atoms with van der Waals surface area (Å²) in [5, 5.41) is 0. The van der Waals surface area contributed by atoms with E-state index in [0.29, 0.717) is 11.1 Å². The van der Waals surface area contributed by atoms with Crippen molar-refractivity contribution in [2.75, 3.05) is 0 Å². The molecule has 0 spiro atoms. The van der Waals surface area contributed by atoms with Gasteiger partial charge >= 0.3 is 12.7 Å². The fraction of sp³-hybridized carbons (Fsp3) is 0.200. The minimum Gasteiger partial charge on any atom is -0.406 e. The van der Waals surface area contributed by atoms with Crippen LogP contribution in [0.2, 0.25) is 0 Å². The van der Waals surface area contributed by atoms with Crippen molar-refractivity contribution in [2.24, 2.45) is 5.73 Å². The van der Waals surface area contributed by atoms with Crippen LogP contribution in [0, 0.1) is 0 Å². The number of halogens is 6. The normalized spacial score (nSPS) is 13.5. The van der Waals surface area contributed by atoms with E-state index < -0.39 is 30.3 Å². The van der Waals surface area contributed by atoms with Crippen molar-refractivity contribution in [1.82, 2.24) is 0 Å². The van der Waals surface area contributed by atoms with Crippen molar-refractivity contribution in [3.63, 3.8) is 0 Å². The molecule has 1 atom stereocenters. The number of ether oxygens (including phenoxy) is 2. The van der Waals surface area contributed by atoms with Crippen LogP contribution in [0.4, 0.5) is 26.3 Å². The lowest BCUT2D eigenvalue weighted by atomic mass is 9.99. The first-order valence-electron chi connectivity index (χ1n) is 6.50. The maximum absolute atomic E-state index is 12.2. The van der Waals surface area contributed by atoms with E-state index in [1.165, 1.54) is 24.3 Å². The molecule has 2 rings (SSSR count). The van der Waals surface area contributed by atoms with Crippen molar-refractivity contribution in [3.05, 3.63) is 59.7 Å². The molecule has 2 N–H and O–H groups in total. The van der Waals surface area contributed by atoms with Crippen LogP contribution in [0.25, 0.3) is 0 Å². The molecule has 2 aromatic carbocycles. The number of alkyl halides is 6. The third-order valence-electron chi connectivity index (χ3n) is 2.92. The lowest BCUT2D eigenvalue weighted by molar-refractivity contribution is -0.275. The van der Waals surface area contributed by atoms with E-state index >= 15 is 0 Å². The summed E-state index contributed by atoms with van der Waals surface area (Å²) >= 11 is 0. The van der Waals surface area contributed by atoms with Crippen molar-refractivity contribution in [1.29, 1.82) is 0 Å². The molecular weight excluding hydrogens is 340 g/mol. The number of rotatable bonds is 4. The van der Waals surface area contributed by atoms with Crippen LogP contribution in [0.15, 0.2) is 48.5 Å². The highest BCUT2D eigenvalue weighted by Crippen LogP contribution is 2.29. The molecular formula is C15H11F6NO2. The summed E-state index contributed by atoms with van der Waals surface area (Å²) in [6.45, 7) is 0. The Balaban J connectivity index is 2.16. The minimum absolute atomic E-state index is 0.307. The van der Waals surface area contributed by atoms with Gasteiger partial charge < -0.3 is 15.2 Å². The van der Waals surface area contributed by atoms with Crippen LogP contribution in [-0.2, 0) is 0 Å². The number of hydrogen-bond donors (Lipinski definition) is 1. The molecule has 0 aliphatic heterocycles. The molecule has 0 bridgehead atoms. The van der Waals surface area contributed by atoms with Crippen LogP contribution in [0.1, 0.15) is 17.2 Å². The Morgan fingerprint density at radius 1 is 0.708 bits per heavy atom. The average Bonchev–Trinajstić information content (AvgIpc) is 2.44. The molecule has 0 saturated heterocycles. The first kappa shape index (κ1) is 17.9. The van der Waals surface area contributed by atoms with Gasteiger partial charge in [0.1, 0.15) is 11.5 Å². The number of nitrogens with two attached hydrogens (primary N) is 1. The third kappa shape index (κ3) is 5.34. The van der Waals surface area contributed by atoms with Crippen molar-refractivity contribution in [2.45, 2.75) is 18.8 Å². The molecule has 0 saturated carbocycles. The first-order valence-corrected chi connectivity index (χ1v) is 6.50. The Kier molecular flexibility index (Phi) is 4.93. The highest BCUT2D eigenvalue weighted by Gasteiger charge is 2.32. The number of benzene rings is 2. The van der Waals surface area contributed by atoms with E-state index in [2.05, 4.69) is 9.47 Å². The molecule has 0 fully saturated rings. The highest BCUT2D eigenvalue weighted by atomic mass is 19.4. The topological polar surface area (TPSA) is 44.5 Å². The zero-order chi connectivity index (χ0) is 18.0. The maximum Gasteiger partial charge on any atom is 0.573 e. The zero-order valence-electron chi connectivity index (χ0n) is 11.9.